The minimum absolute atomic E-state index is 0.267. The quantitative estimate of drug-likeness (QED) is 0.727. The lowest BCUT2D eigenvalue weighted by Crippen LogP contribution is -2.04. The fraction of sp³-hybridized carbons (Fsp3) is 1.00. The third-order valence-electron chi connectivity index (χ3n) is 1.52. The van der Waals surface area contributed by atoms with Gasteiger partial charge in [0.25, 0.3) is 0 Å². The smallest absolute Gasteiger partial charge is 0.149 e. The Bertz CT molecular complexity index is 204. The lowest BCUT2D eigenvalue weighted by Gasteiger charge is -1.89. The van der Waals surface area contributed by atoms with Gasteiger partial charge in [0, 0.05) is 33.8 Å². The highest BCUT2D eigenvalue weighted by Crippen LogP contribution is 1.84. The van der Waals surface area contributed by atoms with Crippen LogP contribution in [0.4, 0.5) is 0 Å². The van der Waals surface area contributed by atoms with Crippen molar-refractivity contribution in [3.8, 4) is 0 Å². The minimum Gasteiger partial charge on any atom is -0.260 e. The van der Waals surface area contributed by atoms with Gasteiger partial charge in [-0.25, -0.2) is 8.42 Å². The van der Waals surface area contributed by atoms with Crippen LogP contribution in [-0.4, -0.2) is 35.6 Å². The second-order valence-corrected chi connectivity index (χ2v) is 7.01. The van der Waals surface area contributed by atoms with Gasteiger partial charge >= 0.3 is 0 Å². The number of rotatable bonds is 4. The van der Waals surface area contributed by atoms with Crippen molar-refractivity contribution in [1.82, 2.24) is 0 Å². The van der Waals surface area contributed by atoms with E-state index in [0.717, 1.165) is 11.5 Å². The SMILES string of the molecule is CCS(=O)(=O)CC.CCS(=O)CC. The molecule has 0 radical (unpaired) electrons. The van der Waals surface area contributed by atoms with Crippen molar-refractivity contribution >= 4 is 20.6 Å². The predicted molar refractivity (Wildman–Crippen MR) is 59.2 cm³/mol. The van der Waals surface area contributed by atoms with Crippen LogP contribution in [0.2, 0.25) is 0 Å². The van der Waals surface area contributed by atoms with Crippen molar-refractivity contribution in [2.45, 2.75) is 27.7 Å². The topological polar surface area (TPSA) is 51.2 Å². The summed E-state index contributed by atoms with van der Waals surface area (Å²) < 4.78 is 31.0. The molecule has 0 spiro atoms. The maximum Gasteiger partial charge on any atom is 0.149 e. The Morgan fingerprint density at radius 3 is 1.23 bits per heavy atom. The second-order valence-electron chi connectivity index (χ2n) is 2.34. The van der Waals surface area contributed by atoms with E-state index in [1.54, 1.807) is 13.8 Å². The van der Waals surface area contributed by atoms with Crippen molar-refractivity contribution in [3.05, 3.63) is 0 Å². The summed E-state index contributed by atoms with van der Waals surface area (Å²) in [5.74, 6) is 2.14. The molecular weight excluding hydrogens is 208 g/mol. The molecular formula is C8H20O3S2. The molecule has 0 aliphatic carbocycles. The van der Waals surface area contributed by atoms with Crippen molar-refractivity contribution < 1.29 is 12.6 Å². The van der Waals surface area contributed by atoms with E-state index < -0.39 is 20.6 Å². The van der Waals surface area contributed by atoms with Gasteiger partial charge in [-0.2, -0.15) is 0 Å². The van der Waals surface area contributed by atoms with Crippen LogP contribution in [0, 0.1) is 0 Å². The van der Waals surface area contributed by atoms with E-state index in [-0.39, 0.29) is 11.5 Å². The van der Waals surface area contributed by atoms with Crippen LogP contribution in [0.1, 0.15) is 27.7 Å². The van der Waals surface area contributed by atoms with Gasteiger partial charge in [0.15, 0.2) is 0 Å². The highest BCUT2D eigenvalue weighted by molar-refractivity contribution is 7.91. The molecule has 0 aromatic carbocycles. The molecule has 0 bridgehead atoms. The van der Waals surface area contributed by atoms with Crippen molar-refractivity contribution in [2.24, 2.45) is 0 Å². The third-order valence-corrected chi connectivity index (χ3v) is 4.57. The van der Waals surface area contributed by atoms with Gasteiger partial charge in [0.1, 0.15) is 9.84 Å². The molecule has 0 atom stereocenters. The average molecular weight is 228 g/mol. The summed E-state index contributed by atoms with van der Waals surface area (Å²) in [6, 6.07) is 0. The standard InChI is InChI=1S/C4H10O2S.C4H10OS/c1-3-7(5,6)4-2;1-3-6(5)4-2/h3-4H2,1-2H3;3-4H2,1-2H3. The molecule has 0 aliphatic heterocycles. The Hall–Kier alpha value is 0.1000. The first-order chi connectivity index (χ1) is 5.93. The fourth-order valence-electron chi connectivity index (χ4n) is 0.408. The molecule has 0 rings (SSSR count). The van der Waals surface area contributed by atoms with Gasteiger partial charge in [-0.3, -0.25) is 4.21 Å². The zero-order valence-corrected chi connectivity index (χ0v) is 10.5. The Morgan fingerprint density at radius 2 is 1.23 bits per heavy atom. The first-order valence-corrected chi connectivity index (χ1v) is 7.79. The molecule has 0 aromatic rings. The van der Waals surface area contributed by atoms with Crippen LogP contribution in [0.5, 0.6) is 0 Å². The van der Waals surface area contributed by atoms with Gasteiger partial charge in [0.2, 0.25) is 0 Å². The first-order valence-electron chi connectivity index (χ1n) is 4.48. The second kappa shape index (κ2) is 8.69. The van der Waals surface area contributed by atoms with Crippen LogP contribution in [0.3, 0.4) is 0 Å². The van der Waals surface area contributed by atoms with E-state index >= 15 is 0 Å². The molecule has 0 saturated carbocycles. The average Bonchev–Trinajstić information content (AvgIpc) is 2.17. The van der Waals surface area contributed by atoms with Gasteiger partial charge in [-0.15, -0.1) is 0 Å². The zero-order valence-electron chi connectivity index (χ0n) is 8.87. The van der Waals surface area contributed by atoms with E-state index in [1.807, 2.05) is 13.8 Å². The molecule has 0 saturated heterocycles. The van der Waals surface area contributed by atoms with E-state index in [2.05, 4.69) is 0 Å². The lowest BCUT2D eigenvalue weighted by atomic mass is 11.0. The number of sulfone groups is 1. The van der Waals surface area contributed by atoms with Gasteiger partial charge < -0.3 is 0 Å². The van der Waals surface area contributed by atoms with E-state index in [9.17, 15) is 12.6 Å². The summed E-state index contributed by atoms with van der Waals surface area (Å²) in [6.07, 6.45) is 0. The van der Waals surface area contributed by atoms with Crippen molar-refractivity contribution in [3.63, 3.8) is 0 Å². The summed E-state index contributed by atoms with van der Waals surface area (Å²) in [7, 11) is -3.19. The molecule has 0 heterocycles. The minimum atomic E-state index is -2.66. The van der Waals surface area contributed by atoms with Crippen LogP contribution >= 0.6 is 0 Å². The normalized spacial score (nSPS) is 10.8. The molecule has 0 amide bonds. The van der Waals surface area contributed by atoms with Crippen molar-refractivity contribution in [2.75, 3.05) is 23.0 Å². The fourth-order valence-corrected chi connectivity index (χ4v) is 1.22. The Morgan fingerprint density at radius 1 is 0.923 bits per heavy atom. The molecule has 3 nitrogen and oxygen atoms in total. The molecule has 0 unspecified atom stereocenters. The Balaban J connectivity index is 0. The molecule has 82 valence electrons. The lowest BCUT2D eigenvalue weighted by molar-refractivity contribution is 0.598. The highest BCUT2D eigenvalue weighted by Gasteiger charge is 1.99. The number of hydrogen-bond acceptors (Lipinski definition) is 3. The van der Waals surface area contributed by atoms with Gasteiger partial charge in [-0.05, 0) is 0 Å². The van der Waals surface area contributed by atoms with Crippen LogP contribution < -0.4 is 0 Å². The summed E-state index contributed by atoms with van der Waals surface area (Å²) in [4.78, 5) is 0. The molecule has 0 aromatic heterocycles. The van der Waals surface area contributed by atoms with E-state index in [0.29, 0.717) is 0 Å². The summed E-state index contributed by atoms with van der Waals surface area (Å²) >= 11 is 0. The largest absolute Gasteiger partial charge is 0.260 e. The monoisotopic (exact) mass is 228 g/mol. The van der Waals surface area contributed by atoms with Crippen molar-refractivity contribution in [1.29, 1.82) is 0 Å². The maximum atomic E-state index is 10.4. The highest BCUT2D eigenvalue weighted by atomic mass is 32.2. The first kappa shape index (κ1) is 15.6. The molecule has 0 aliphatic rings. The van der Waals surface area contributed by atoms with Crippen LogP contribution in [0.15, 0.2) is 0 Å². The van der Waals surface area contributed by atoms with Gasteiger partial charge in [0.05, 0.1) is 0 Å². The van der Waals surface area contributed by atoms with E-state index in [1.165, 1.54) is 0 Å². The molecule has 0 N–H and O–H groups in total. The number of hydrogen-bond donors (Lipinski definition) is 0. The Kier molecular flexibility index (Phi) is 10.4. The van der Waals surface area contributed by atoms with E-state index in [4.69, 9.17) is 0 Å². The summed E-state index contributed by atoms with van der Waals surface area (Å²) in [5.41, 5.74) is 0. The predicted octanol–water partition coefficient (Wildman–Crippen LogP) is 1.22. The maximum absolute atomic E-state index is 10.4. The Labute approximate surface area is 84.3 Å². The third kappa shape index (κ3) is 12.1. The summed E-state index contributed by atoms with van der Waals surface area (Å²) in [5, 5.41) is 0. The molecule has 5 heteroatoms. The van der Waals surface area contributed by atoms with Crippen LogP contribution in [-0.2, 0) is 20.6 Å². The molecule has 0 fully saturated rings. The van der Waals surface area contributed by atoms with Crippen LogP contribution in [0.25, 0.3) is 0 Å². The zero-order chi connectivity index (χ0) is 10.9. The molecule has 13 heavy (non-hydrogen) atoms. The van der Waals surface area contributed by atoms with Gasteiger partial charge in [-0.1, -0.05) is 27.7 Å². The summed E-state index contributed by atoms with van der Waals surface area (Å²) in [6.45, 7) is 7.16.